The highest BCUT2D eigenvalue weighted by atomic mass is 15.2. The molecule has 0 aliphatic carbocycles. The summed E-state index contributed by atoms with van der Waals surface area (Å²) in [7, 11) is 0. The van der Waals surface area contributed by atoms with E-state index in [9.17, 15) is 0 Å². The molecule has 2 aliphatic rings. The molecular weight excluding hydrogens is 134 g/mol. The lowest BCUT2D eigenvalue weighted by Crippen LogP contribution is -2.43. The van der Waals surface area contributed by atoms with Crippen molar-refractivity contribution in [1.29, 1.82) is 0 Å². The maximum atomic E-state index is 2.75. The second kappa shape index (κ2) is 2.78. The van der Waals surface area contributed by atoms with Gasteiger partial charge in [0.05, 0.1) is 0 Å². The SMILES string of the molecule is CC(C)N1C2CCCC1CC2. The molecule has 2 heterocycles. The van der Waals surface area contributed by atoms with E-state index in [2.05, 4.69) is 18.7 Å². The molecule has 0 aromatic heterocycles. The van der Waals surface area contributed by atoms with Gasteiger partial charge in [-0.15, -0.1) is 0 Å². The van der Waals surface area contributed by atoms with Crippen molar-refractivity contribution in [3.05, 3.63) is 0 Å². The van der Waals surface area contributed by atoms with Crippen molar-refractivity contribution in [1.82, 2.24) is 4.90 Å². The van der Waals surface area contributed by atoms with E-state index in [0.717, 1.165) is 18.1 Å². The maximum Gasteiger partial charge on any atom is 0.0101 e. The Morgan fingerprint density at radius 3 is 1.91 bits per heavy atom. The lowest BCUT2D eigenvalue weighted by molar-refractivity contribution is 0.104. The highest BCUT2D eigenvalue weighted by Gasteiger charge is 2.37. The molecule has 0 radical (unpaired) electrons. The van der Waals surface area contributed by atoms with Crippen LogP contribution in [0.25, 0.3) is 0 Å². The quantitative estimate of drug-likeness (QED) is 0.559. The summed E-state index contributed by atoms with van der Waals surface area (Å²) in [4.78, 5) is 2.75. The molecule has 11 heavy (non-hydrogen) atoms. The van der Waals surface area contributed by atoms with E-state index in [1.54, 1.807) is 0 Å². The zero-order chi connectivity index (χ0) is 7.84. The van der Waals surface area contributed by atoms with Crippen molar-refractivity contribution < 1.29 is 0 Å². The van der Waals surface area contributed by atoms with E-state index < -0.39 is 0 Å². The van der Waals surface area contributed by atoms with Crippen LogP contribution in [0.2, 0.25) is 0 Å². The van der Waals surface area contributed by atoms with Crippen LogP contribution in [-0.4, -0.2) is 23.0 Å². The first-order valence-electron chi connectivity index (χ1n) is 5.06. The third-order valence-corrected chi connectivity index (χ3v) is 3.35. The fraction of sp³-hybridized carbons (Fsp3) is 1.00. The molecule has 2 unspecified atom stereocenters. The van der Waals surface area contributed by atoms with E-state index in [1.165, 1.54) is 32.1 Å². The van der Waals surface area contributed by atoms with Gasteiger partial charge in [-0.3, -0.25) is 4.90 Å². The van der Waals surface area contributed by atoms with E-state index in [0.29, 0.717) is 0 Å². The minimum absolute atomic E-state index is 0.785. The molecule has 1 nitrogen and oxygen atoms in total. The van der Waals surface area contributed by atoms with Crippen LogP contribution in [0.15, 0.2) is 0 Å². The minimum Gasteiger partial charge on any atom is -0.295 e. The third-order valence-electron chi connectivity index (χ3n) is 3.35. The van der Waals surface area contributed by atoms with Crippen molar-refractivity contribution in [3.8, 4) is 0 Å². The van der Waals surface area contributed by atoms with Gasteiger partial charge in [0.25, 0.3) is 0 Å². The van der Waals surface area contributed by atoms with Crippen LogP contribution in [0, 0.1) is 0 Å². The van der Waals surface area contributed by atoms with Gasteiger partial charge >= 0.3 is 0 Å². The fourth-order valence-corrected chi connectivity index (χ4v) is 3.00. The number of fused-ring (bicyclic) bond motifs is 2. The largest absolute Gasteiger partial charge is 0.295 e. The van der Waals surface area contributed by atoms with Gasteiger partial charge in [-0.05, 0) is 39.5 Å². The number of piperidine rings is 1. The van der Waals surface area contributed by atoms with Crippen molar-refractivity contribution >= 4 is 0 Å². The van der Waals surface area contributed by atoms with E-state index in [1.807, 2.05) is 0 Å². The van der Waals surface area contributed by atoms with E-state index >= 15 is 0 Å². The molecule has 0 spiro atoms. The average Bonchev–Trinajstić information content (AvgIpc) is 2.23. The Balaban J connectivity index is 2.09. The fourth-order valence-electron chi connectivity index (χ4n) is 3.00. The predicted octanol–water partition coefficient (Wildman–Crippen LogP) is 2.41. The van der Waals surface area contributed by atoms with Gasteiger partial charge < -0.3 is 0 Å². The zero-order valence-electron chi connectivity index (χ0n) is 7.71. The Morgan fingerprint density at radius 1 is 1.00 bits per heavy atom. The Kier molecular flexibility index (Phi) is 1.92. The number of hydrogen-bond acceptors (Lipinski definition) is 1. The first kappa shape index (κ1) is 7.60. The first-order chi connectivity index (χ1) is 5.29. The molecule has 2 rings (SSSR count). The van der Waals surface area contributed by atoms with Crippen molar-refractivity contribution in [2.45, 2.75) is 64.1 Å². The van der Waals surface area contributed by atoms with Gasteiger partial charge in [-0.1, -0.05) is 6.42 Å². The smallest absolute Gasteiger partial charge is 0.0101 e. The zero-order valence-corrected chi connectivity index (χ0v) is 7.71. The highest BCUT2D eigenvalue weighted by molar-refractivity contribution is 4.93. The van der Waals surface area contributed by atoms with Crippen molar-refractivity contribution in [3.63, 3.8) is 0 Å². The molecule has 1 heteroatoms. The average molecular weight is 153 g/mol. The summed E-state index contributed by atoms with van der Waals surface area (Å²) >= 11 is 0. The molecule has 64 valence electrons. The number of nitrogens with zero attached hydrogens (tertiary/aromatic N) is 1. The van der Waals surface area contributed by atoms with Crippen molar-refractivity contribution in [2.75, 3.05) is 0 Å². The summed E-state index contributed by atoms with van der Waals surface area (Å²) in [6.45, 7) is 4.69. The molecule has 2 saturated heterocycles. The minimum atomic E-state index is 0.785. The third kappa shape index (κ3) is 1.20. The topological polar surface area (TPSA) is 3.24 Å². The molecule has 2 atom stereocenters. The maximum absolute atomic E-state index is 2.75. The van der Waals surface area contributed by atoms with Gasteiger partial charge in [0.1, 0.15) is 0 Å². The molecule has 2 bridgehead atoms. The Morgan fingerprint density at radius 2 is 1.55 bits per heavy atom. The van der Waals surface area contributed by atoms with Crippen LogP contribution in [0.5, 0.6) is 0 Å². The van der Waals surface area contributed by atoms with Gasteiger partial charge in [0, 0.05) is 18.1 Å². The van der Waals surface area contributed by atoms with E-state index in [-0.39, 0.29) is 0 Å². The van der Waals surface area contributed by atoms with Crippen LogP contribution in [0.3, 0.4) is 0 Å². The molecule has 0 saturated carbocycles. The summed E-state index contributed by atoms with van der Waals surface area (Å²) in [6, 6.07) is 2.69. The van der Waals surface area contributed by atoms with Crippen LogP contribution >= 0.6 is 0 Å². The van der Waals surface area contributed by atoms with Crippen molar-refractivity contribution in [2.24, 2.45) is 0 Å². The lowest BCUT2D eigenvalue weighted by Gasteiger charge is -2.37. The molecule has 0 N–H and O–H groups in total. The van der Waals surface area contributed by atoms with Crippen LogP contribution in [-0.2, 0) is 0 Å². The standard InChI is InChI=1S/C10H19N/c1-8(2)11-9-4-3-5-10(11)7-6-9/h8-10H,3-7H2,1-2H3. The molecular formula is C10H19N. The summed E-state index contributed by atoms with van der Waals surface area (Å²) in [5, 5.41) is 0. The molecule has 0 amide bonds. The first-order valence-corrected chi connectivity index (χ1v) is 5.06. The normalized spacial score (nSPS) is 38.5. The second-order valence-corrected chi connectivity index (χ2v) is 4.36. The Bertz CT molecular complexity index is 126. The number of rotatable bonds is 1. The van der Waals surface area contributed by atoms with Crippen LogP contribution in [0.1, 0.15) is 46.0 Å². The van der Waals surface area contributed by atoms with E-state index in [4.69, 9.17) is 0 Å². The predicted molar refractivity (Wildman–Crippen MR) is 47.6 cm³/mol. The second-order valence-electron chi connectivity index (χ2n) is 4.36. The molecule has 0 aromatic carbocycles. The van der Waals surface area contributed by atoms with Gasteiger partial charge in [-0.25, -0.2) is 0 Å². The summed E-state index contributed by atoms with van der Waals surface area (Å²) in [6.07, 6.45) is 7.37. The summed E-state index contributed by atoms with van der Waals surface area (Å²) in [5.74, 6) is 0. The van der Waals surface area contributed by atoms with Crippen LogP contribution in [0.4, 0.5) is 0 Å². The summed E-state index contributed by atoms with van der Waals surface area (Å²) < 4.78 is 0. The lowest BCUT2D eigenvalue weighted by atomic mass is 10.0. The highest BCUT2D eigenvalue weighted by Crippen LogP contribution is 2.36. The Labute approximate surface area is 69.8 Å². The number of hydrogen-bond donors (Lipinski definition) is 0. The van der Waals surface area contributed by atoms with Gasteiger partial charge in [0.15, 0.2) is 0 Å². The molecule has 2 aliphatic heterocycles. The molecule has 2 fully saturated rings. The van der Waals surface area contributed by atoms with Gasteiger partial charge in [-0.2, -0.15) is 0 Å². The monoisotopic (exact) mass is 153 g/mol. The molecule has 0 aromatic rings. The van der Waals surface area contributed by atoms with Crippen LogP contribution < -0.4 is 0 Å². The summed E-state index contributed by atoms with van der Waals surface area (Å²) in [5.41, 5.74) is 0. The Hall–Kier alpha value is -0.0400. The van der Waals surface area contributed by atoms with Gasteiger partial charge in [0.2, 0.25) is 0 Å².